The van der Waals surface area contributed by atoms with Crippen molar-refractivity contribution in [1.82, 2.24) is 0 Å². The van der Waals surface area contributed by atoms with E-state index in [1.165, 1.54) is 6.07 Å². The molecule has 0 saturated heterocycles. The molecule has 1 atom stereocenters. The van der Waals surface area contributed by atoms with Crippen LogP contribution in [0.3, 0.4) is 0 Å². The number of thioether (sulfide) groups is 1. The third-order valence-corrected chi connectivity index (χ3v) is 3.58. The SMILES string of the molecule is CSc1ccc(Oc2ccc(CC(C)N)cc2F)cc1. The van der Waals surface area contributed by atoms with E-state index >= 15 is 0 Å². The summed E-state index contributed by atoms with van der Waals surface area (Å²) in [7, 11) is 0. The molecule has 0 heterocycles. The van der Waals surface area contributed by atoms with E-state index in [2.05, 4.69) is 0 Å². The molecular formula is C16H18FNOS. The molecule has 4 heteroatoms. The van der Waals surface area contributed by atoms with Crippen LogP contribution < -0.4 is 10.5 Å². The summed E-state index contributed by atoms with van der Waals surface area (Å²) in [6.07, 6.45) is 2.66. The molecular weight excluding hydrogens is 273 g/mol. The Morgan fingerprint density at radius 2 is 1.90 bits per heavy atom. The number of nitrogens with two attached hydrogens (primary N) is 1. The minimum atomic E-state index is -0.364. The first-order valence-corrected chi connectivity index (χ1v) is 7.67. The molecule has 0 aliphatic carbocycles. The van der Waals surface area contributed by atoms with Gasteiger partial charge >= 0.3 is 0 Å². The monoisotopic (exact) mass is 291 g/mol. The van der Waals surface area contributed by atoms with Crippen molar-refractivity contribution in [2.75, 3.05) is 6.26 Å². The van der Waals surface area contributed by atoms with Crippen LogP contribution in [0.4, 0.5) is 4.39 Å². The Morgan fingerprint density at radius 3 is 2.45 bits per heavy atom. The summed E-state index contributed by atoms with van der Waals surface area (Å²) < 4.78 is 19.5. The Kier molecular flexibility index (Phi) is 5.04. The lowest BCUT2D eigenvalue weighted by Crippen LogP contribution is -2.17. The lowest BCUT2D eigenvalue weighted by molar-refractivity contribution is 0.441. The average molecular weight is 291 g/mol. The topological polar surface area (TPSA) is 35.2 Å². The number of hydrogen-bond donors (Lipinski definition) is 1. The lowest BCUT2D eigenvalue weighted by atomic mass is 10.1. The fraction of sp³-hybridized carbons (Fsp3) is 0.250. The molecule has 0 saturated carbocycles. The van der Waals surface area contributed by atoms with Crippen LogP contribution in [0.2, 0.25) is 0 Å². The second-order valence-electron chi connectivity index (χ2n) is 4.72. The molecule has 2 nitrogen and oxygen atoms in total. The van der Waals surface area contributed by atoms with Crippen LogP contribution in [-0.4, -0.2) is 12.3 Å². The summed E-state index contributed by atoms with van der Waals surface area (Å²) in [4.78, 5) is 1.14. The van der Waals surface area contributed by atoms with E-state index < -0.39 is 0 Å². The van der Waals surface area contributed by atoms with Gasteiger partial charge < -0.3 is 10.5 Å². The Bertz CT molecular complexity index is 569. The van der Waals surface area contributed by atoms with Crippen molar-refractivity contribution in [2.45, 2.75) is 24.3 Å². The van der Waals surface area contributed by atoms with Gasteiger partial charge in [-0.1, -0.05) is 6.07 Å². The molecule has 0 amide bonds. The molecule has 106 valence electrons. The molecule has 2 rings (SSSR count). The third kappa shape index (κ3) is 3.99. The summed E-state index contributed by atoms with van der Waals surface area (Å²) in [6.45, 7) is 1.90. The van der Waals surface area contributed by atoms with Crippen molar-refractivity contribution in [3.8, 4) is 11.5 Å². The van der Waals surface area contributed by atoms with Crippen molar-refractivity contribution in [3.63, 3.8) is 0 Å². The minimum Gasteiger partial charge on any atom is -0.454 e. The maximum atomic E-state index is 14.0. The molecule has 0 aliphatic rings. The largest absolute Gasteiger partial charge is 0.454 e. The smallest absolute Gasteiger partial charge is 0.165 e. The zero-order valence-corrected chi connectivity index (χ0v) is 12.4. The zero-order valence-electron chi connectivity index (χ0n) is 11.6. The van der Waals surface area contributed by atoms with E-state index in [0.29, 0.717) is 12.2 Å². The standard InChI is InChI=1S/C16H18FNOS/c1-11(18)9-12-3-8-16(15(17)10-12)19-13-4-6-14(20-2)7-5-13/h3-8,10-11H,9,18H2,1-2H3. The number of hydrogen-bond acceptors (Lipinski definition) is 3. The maximum Gasteiger partial charge on any atom is 0.165 e. The molecule has 0 spiro atoms. The van der Waals surface area contributed by atoms with Crippen molar-refractivity contribution < 1.29 is 9.13 Å². The van der Waals surface area contributed by atoms with Crippen LogP contribution in [-0.2, 0) is 6.42 Å². The highest BCUT2D eigenvalue weighted by Crippen LogP contribution is 2.27. The van der Waals surface area contributed by atoms with Gasteiger partial charge in [0.05, 0.1) is 0 Å². The van der Waals surface area contributed by atoms with Crippen molar-refractivity contribution in [2.24, 2.45) is 5.73 Å². The second kappa shape index (κ2) is 6.77. The Morgan fingerprint density at radius 1 is 1.20 bits per heavy atom. The summed E-state index contributed by atoms with van der Waals surface area (Å²) >= 11 is 1.65. The molecule has 2 aromatic rings. The van der Waals surface area contributed by atoms with Gasteiger partial charge in [-0.05, 0) is 61.6 Å². The molecule has 0 fully saturated rings. The average Bonchev–Trinajstić information content (AvgIpc) is 2.42. The Hall–Kier alpha value is -1.52. The fourth-order valence-electron chi connectivity index (χ4n) is 1.90. The Labute approximate surface area is 123 Å². The van der Waals surface area contributed by atoms with Crippen LogP contribution >= 0.6 is 11.8 Å². The highest BCUT2D eigenvalue weighted by Gasteiger charge is 2.07. The first-order chi connectivity index (χ1) is 9.58. The molecule has 1 unspecified atom stereocenters. The molecule has 0 aliphatic heterocycles. The predicted octanol–water partition coefficient (Wildman–Crippen LogP) is 4.23. The summed E-state index contributed by atoms with van der Waals surface area (Å²) in [5, 5.41) is 0. The van der Waals surface area contributed by atoms with E-state index in [1.807, 2.05) is 43.5 Å². The lowest BCUT2D eigenvalue weighted by Gasteiger charge is -2.10. The van der Waals surface area contributed by atoms with E-state index in [1.54, 1.807) is 17.8 Å². The predicted molar refractivity (Wildman–Crippen MR) is 82.1 cm³/mol. The Balaban J connectivity index is 2.12. The molecule has 2 N–H and O–H groups in total. The van der Waals surface area contributed by atoms with Gasteiger partial charge in [0.2, 0.25) is 0 Å². The normalized spacial score (nSPS) is 12.2. The fourth-order valence-corrected chi connectivity index (χ4v) is 2.30. The first kappa shape index (κ1) is 14.9. The molecule has 0 radical (unpaired) electrons. The van der Waals surface area contributed by atoms with E-state index in [9.17, 15) is 4.39 Å². The van der Waals surface area contributed by atoms with Gasteiger partial charge in [-0.2, -0.15) is 0 Å². The maximum absolute atomic E-state index is 14.0. The van der Waals surface area contributed by atoms with Crippen LogP contribution in [0.1, 0.15) is 12.5 Å². The molecule has 20 heavy (non-hydrogen) atoms. The molecule has 0 aromatic heterocycles. The summed E-state index contributed by atoms with van der Waals surface area (Å²) in [5.74, 6) is 0.495. The van der Waals surface area contributed by atoms with Gasteiger partial charge in [-0.15, -0.1) is 11.8 Å². The van der Waals surface area contributed by atoms with Crippen molar-refractivity contribution >= 4 is 11.8 Å². The second-order valence-corrected chi connectivity index (χ2v) is 5.60. The van der Waals surface area contributed by atoms with Crippen LogP contribution in [0.25, 0.3) is 0 Å². The van der Waals surface area contributed by atoms with Crippen molar-refractivity contribution in [3.05, 3.63) is 53.8 Å². The van der Waals surface area contributed by atoms with Gasteiger partial charge in [0.1, 0.15) is 5.75 Å². The van der Waals surface area contributed by atoms with Gasteiger partial charge in [0.25, 0.3) is 0 Å². The quantitative estimate of drug-likeness (QED) is 0.837. The van der Waals surface area contributed by atoms with E-state index in [-0.39, 0.29) is 17.6 Å². The van der Waals surface area contributed by atoms with E-state index in [4.69, 9.17) is 10.5 Å². The summed E-state index contributed by atoms with van der Waals surface area (Å²) in [6, 6.07) is 12.6. The van der Waals surface area contributed by atoms with Gasteiger partial charge in [-0.25, -0.2) is 4.39 Å². The third-order valence-electron chi connectivity index (χ3n) is 2.84. The zero-order chi connectivity index (χ0) is 14.5. The van der Waals surface area contributed by atoms with Gasteiger partial charge in [0.15, 0.2) is 11.6 Å². The highest BCUT2D eigenvalue weighted by molar-refractivity contribution is 7.98. The van der Waals surface area contributed by atoms with Crippen LogP contribution in [0, 0.1) is 5.82 Å². The summed E-state index contributed by atoms with van der Waals surface area (Å²) in [5.41, 5.74) is 6.59. The number of ether oxygens (including phenoxy) is 1. The highest BCUT2D eigenvalue weighted by atomic mass is 32.2. The minimum absolute atomic E-state index is 0.0141. The number of benzene rings is 2. The number of rotatable bonds is 5. The number of halogens is 1. The molecule has 0 bridgehead atoms. The van der Waals surface area contributed by atoms with E-state index in [0.717, 1.165) is 10.5 Å². The molecule has 2 aromatic carbocycles. The van der Waals surface area contributed by atoms with Gasteiger partial charge in [0, 0.05) is 10.9 Å². The van der Waals surface area contributed by atoms with Crippen LogP contribution in [0.5, 0.6) is 11.5 Å². The van der Waals surface area contributed by atoms with Gasteiger partial charge in [-0.3, -0.25) is 0 Å². The first-order valence-electron chi connectivity index (χ1n) is 6.44. The van der Waals surface area contributed by atoms with Crippen molar-refractivity contribution in [1.29, 1.82) is 0 Å². The van der Waals surface area contributed by atoms with Crippen LogP contribution in [0.15, 0.2) is 47.4 Å².